The van der Waals surface area contributed by atoms with Crippen LogP contribution in [-0.4, -0.2) is 19.9 Å². The van der Waals surface area contributed by atoms with E-state index in [2.05, 4.69) is 4.84 Å². The van der Waals surface area contributed by atoms with E-state index >= 15 is 0 Å². The molecule has 6 heteroatoms. The summed E-state index contributed by atoms with van der Waals surface area (Å²) in [6, 6.07) is 9.47. The maximum absolute atomic E-state index is 11.7. The van der Waals surface area contributed by atoms with Crippen molar-refractivity contribution in [3.63, 3.8) is 0 Å². The van der Waals surface area contributed by atoms with Gasteiger partial charge in [0.1, 0.15) is 0 Å². The lowest BCUT2D eigenvalue weighted by atomic mass is 10.2. The van der Waals surface area contributed by atoms with Gasteiger partial charge >= 0.3 is 7.60 Å². The molecule has 0 saturated heterocycles. The zero-order valence-electron chi connectivity index (χ0n) is 9.17. The highest BCUT2D eigenvalue weighted by Crippen LogP contribution is 2.44. The van der Waals surface area contributed by atoms with Crippen LogP contribution in [0.15, 0.2) is 30.3 Å². The molecule has 1 aromatic carbocycles. The Kier molecular flexibility index (Phi) is 5.66. The van der Waals surface area contributed by atoms with Crippen LogP contribution in [0, 0.1) is 0 Å². The normalized spacial score (nSPS) is 14.6. The van der Waals surface area contributed by atoms with Gasteiger partial charge in [-0.25, -0.2) is 5.90 Å². The summed E-state index contributed by atoms with van der Waals surface area (Å²) in [6.07, 6.45) is 0. The number of hydrogen-bond donors (Lipinski definition) is 1. The van der Waals surface area contributed by atoms with E-state index in [1.807, 2.05) is 30.3 Å². The third-order valence-electron chi connectivity index (χ3n) is 1.84. The molecule has 0 saturated carbocycles. The van der Waals surface area contributed by atoms with Crippen LogP contribution in [0.5, 0.6) is 0 Å². The molecule has 1 unspecified atom stereocenters. The number of nitrogens with two attached hydrogens (primary N) is 1. The summed E-state index contributed by atoms with van der Waals surface area (Å²) in [5.74, 6) is 4.81. The van der Waals surface area contributed by atoms with E-state index < -0.39 is 7.60 Å². The fourth-order valence-electron chi connectivity index (χ4n) is 1.05. The number of hydrogen-bond acceptors (Lipinski definition) is 5. The van der Waals surface area contributed by atoms with Crippen LogP contribution in [0.3, 0.4) is 0 Å². The van der Waals surface area contributed by atoms with E-state index in [1.54, 1.807) is 0 Å². The first-order valence-corrected chi connectivity index (χ1v) is 6.85. The molecule has 2 N–H and O–H groups in total. The number of rotatable bonds is 7. The van der Waals surface area contributed by atoms with E-state index in [9.17, 15) is 4.57 Å². The van der Waals surface area contributed by atoms with Crippen molar-refractivity contribution in [2.75, 3.05) is 19.9 Å². The summed E-state index contributed by atoms with van der Waals surface area (Å²) in [5.41, 5.74) is 0.947. The van der Waals surface area contributed by atoms with Gasteiger partial charge in [-0.05, 0) is 5.56 Å². The molecule has 0 aliphatic carbocycles. The summed E-state index contributed by atoms with van der Waals surface area (Å²) in [7, 11) is -3.02. The highest BCUT2D eigenvalue weighted by Gasteiger charge is 2.16. The van der Waals surface area contributed by atoms with Gasteiger partial charge in [-0.3, -0.25) is 4.57 Å². The number of benzene rings is 1. The minimum Gasteiger partial charge on any atom is -0.306 e. The molecule has 0 spiro atoms. The SMILES string of the molecule is CP(=O)(OCCON)OCc1ccccc1. The first-order valence-electron chi connectivity index (χ1n) is 4.86. The van der Waals surface area contributed by atoms with Gasteiger partial charge in [-0.2, -0.15) is 0 Å². The van der Waals surface area contributed by atoms with Crippen LogP contribution in [0.2, 0.25) is 0 Å². The summed E-state index contributed by atoms with van der Waals surface area (Å²) < 4.78 is 21.9. The quantitative estimate of drug-likeness (QED) is 0.451. The van der Waals surface area contributed by atoms with Crippen LogP contribution < -0.4 is 5.90 Å². The van der Waals surface area contributed by atoms with Gasteiger partial charge in [-0.1, -0.05) is 30.3 Å². The van der Waals surface area contributed by atoms with Crippen molar-refractivity contribution in [2.45, 2.75) is 6.61 Å². The lowest BCUT2D eigenvalue weighted by Crippen LogP contribution is -2.07. The van der Waals surface area contributed by atoms with Gasteiger partial charge in [0.15, 0.2) is 0 Å². The molecular formula is C10H16NO4P. The molecule has 0 amide bonds. The van der Waals surface area contributed by atoms with Crippen molar-refractivity contribution in [3.05, 3.63) is 35.9 Å². The minimum atomic E-state index is -3.02. The van der Waals surface area contributed by atoms with Gasteiger partial charge in [0.25, 0.3) is 0 Å². The monoisotopic (exact) mass is 245 g/mol. The molecule has 90 valence electrons. The Morgan fingerprint density at radius 1 is 1.19 bits per heavy atom. The molecule has 5 nitrogen and oxygen atoms in total. The lowest BCUT2D eigenvalue weighted by molar-refractivity contribution is 0.0918. The van der Waals surface area contributed by atoms with E-state index in [1.165, 1.54) is 6.66 Å². The fourth-order valence-corrected chi connectivity index (χ4v) is 1.92. The van der Waals surface area contributed by atoms with Crippen molar-refractivity contribution in [1.29, 1.82) is 0 Å². The van der Waals surface area contributed by atoms with Gasteiger partial charge in [0.05, 0.1) is 19.8 Å². The first kappa shape index (κ1) is 13.4. The second-order valence-electron chi connectivity index (χ2n) is 3.23. The average molecular weight is 245 g/mol. The highest BCUT2D eigenvalue weighted by atomic mass is 31.2. The predicted octanol–water partition coefficient (Wildman–Crippen LogP) is 1.93. The van der Waals surface area contributed by atoms with Gasteiger partial charge in [0.2, 0.25) is 0 Å². The Labute approximate surface area is 95.0 Å². The van der Waals surface area contributed by atoms with Crippen molar-refractivity contribution in [1.82, 2.24) is 0 Å². The summed E-state index contributed by atoms with van der Waals surface area (Å²) in [5, 5.41) is 0. The van der Waals surface area contributed by atoms with E-state index in [0.29, 0.717) is 0 Å². The summed E-state index contributed by atoms with van der Waals surface area (Å²) >= 11 is 0. The Bertz CT molecular complexity index is 344. The van der Waals surface area contributed by atoms with Crippen molar-refractivity contribution < 1.29 is 18.5 Å². The Balaban J connectivity index is 2.33. The van der Waals surface area contributed by atoms with Gasteiger partial charge in [-0.15, -0.1) is 0 Å². The molecule has 0 aliphatic heterocycles. The molecule has 1 atom stereocenters. The van der Waals surface area contributed by atoms with Crippen molar-refractivity contribution in [2.24, 2.45) is 5.90 Å². The largest absolute Gasteiger partial charge is 0.328 e. The molecule has 0 bridgehead atoms. The van der Waals surface area contributed by atoms with Crippen LogP contribution in [0.4, 0.5) is 0 Å². The fraction of sp³-hybridized carbons (Fsp3) is 0.400. The van der Waals surface area contributed by atoms with Gasteiger partial charge in [0, 0.05) is 6.66 Å². The third kappa shape index (κ3) is 5.39. The topological polar surface area (TPSA) is 70.8 Å². The second-order valence-corrected chi connectivity index (χ2v) is 5.29. The van der Waals surface area contributed by atoms with Crippen LogP contribution >= 0.6 is 7.60 Å². The molecule has 0 radical (unpaired) electrons. The Morgan fingerprint density at radius 2 is 1.88 bits per heavy atom. The smallest absolute Gasteiger partial charge is 0.306 e. The van der Waals surface area contributed by atoms with E-state index in [4.69, 9.17) is 14.9 Å². The maximum Gasteiger partial charge on any atom is 0.328 e. The molecule has 0 aromatic heterocycles. The molecule has 0 heterocycles. The Hall–Kier alpha value is -0.710. The van der Waals surface area contributed by atoms with Crippen LogP contribution in [0.1, 0.15) is 5.56 Å². The van der Waals surface area contributed by atoms with Crippen LogP contribution in [-0.2, 0) is 25.1 Å². The summed E-state index contributed by atoms with van der Waals surface area (Å²) in [4.78, 5) is 4.30. The van der Waals surface area contributed by atoms with E-state index in [-0.39, 0.29) is 19.8 Å². The third-order valence-corrected chi connectivity index (χ3v) is 3.09. The summed E-state index contributed by atoms with van der Waals surface area (Å²) in [6.45, 7) is 2.02. The Morgan fingerprint density at radius 3 is 2.50 bits per heavy atom. The maximum atomic E-state index is 11.7. The second kappa shape index (κ2) is 6.78. The average Bonchev–Trinajstić information content (AvgIpc) is 2.28. The zero-order valence-corrected chi connectivity index (χ0v) is 10.1. The standard InChI is InChI=1S/C10H16NO4P/c1-16(12,14-8-7-13-11)15-9-10-5-3-2-4-6-10/h2-6H,7-9,11H2,1H3. The zero-order chi connectivity index (χ0) is 11.9. The molecule has 1 aromatic rings. The van der Waals surface area contributed by atoms with Crippen LogP contribution in [0.25, 0.3) is 0 Å². The molecular weight excluding hydrogens is 229 g/mol. The van der Waals surface area contributed by atoms with E-state index in [0.717, 1.165) is 5.56 Å². The van der Waals surface area contributed by atoms with Crippen molar-refractivity contribution in [3.8, 4) is 0 Å². The molecule has 0 fully saturated rings. The predicted molar refractivity (Wildman–Crippen MR) is 60.9 cm³/mol. The van der Waals surface area contributed by atoms with Gasteiger partial charge < -0.3 is 13.9 Å². The first-order chi connectivity index (χ1) is 7.64. The van der Waals surface area contributed by atoms with Crippen molar-refractivity contribution >= 4 is 7.60 Å². The molecule has 0 aliphatic rings. The molecule has 16 heavy (non-hydrogen) atoms. The highest BCUT2D eigenvalue weighted by molar-refractivity contribution is 7.52. The molecule has 1 rings (SSSR count). The lowest BCUT2D eigenvalue weighted by Gasteiger charge is -2.13. The minimum absolute atomic E-state index is 0.152.